The summed E-state index contributed by atoms with van der Waals surface area (Å²) in [5.41, 5.74) is 7.39. The highest BCUT2D eigenvalue weighted by Gasteiger charge is 2.30. The summed E-state index contributed by atoms with van der Waals surface area (Å²) in [6.45, 7) is 2.64. The average Bonchev–Trinajstić information content (AvgIpc) is 3.32. The number of halogens is 1. The molecule has 0 saturated carbocycles. The van der Waals surface area contributed by atoms with Crippen LogP contribution in [0.3, 0.4) is 0 Å². The van der Waals surface area contributed by atoms with E-state index in [-0.39, 0.29) is 17.8 Å². The number of H-pyrrole nitrogens is 1. The molecule has 1 aromatic carbocycles. The normalized spacial score (nSPS) is 16.8. The van der Waals surface area contributed by atoms with E-state index in [9.17, 15) is 4.39 Å². The number of nitrogens with one attached hydrogen (secondary N) is 2. The highest BCUT2D eigenvalue weighted by Crippen LogP contribution is 2.36. The van der Waals surface area contributed by atoms with Crippen molar-refractivity contribution in [3.8, 4) is 0 Å². The largest absolute Gasteiger partial charge is 0.368 e. The van der Waals surface area contributed by atoms with Crippen molar-refractivity contribution < 1.29 is 4.39 Å². The fourth-order valence-electron chi connectivity index (χ4n) is 3.42. The SMILES string of the molecule is C/C=C/c1cc(Nc2nc(N)nc(N3CCCC3c3ccccc3F)n2)n[nH]1. The van der Waals surface area contributed by atoms with Crippen LogP contribution in [0, 0.1) is 5.82 Å². The molecule has 0 spiro atoms. The van der Waals surface area contributed by atoms with E-state index in [1.54, 1.807) is 12.1 Å². The molecule has 3 aromatic rings. The van der Waals surface area contributed by atoms with Gasteiger partial charge >= 0.3 is 0 Å². The molecule has 0 aliphatic carbocycles. The third-order valence-corrected chi connectivity index (χ3v) is 4.60. The minimum absolute atomic E-state index is 0.0934. The molecule has 2 aromatic heterocycles. The van der Waals surface area contributed by atoms with Gasteiger partial charge in [0.15, 0.2) is 5.82 Å². The van der Waals surface area contributed by atoms with Gasteiger partial charge in [-0.05, 0) is 31.9 Å². The Labute approximate surface area is 161 Å². The predicted molar refractivity (Wildman–Crippen MR) is 107 cm³/mol. The van der Waals surface area contributed by atoms with Gasteiger partial charge in [-0.2, -0.15) is 20.1 Å². The minimum Gasteiger partial charge on any atom is -0.368 e. The summed E-state index contributed by atoms with van der Waals surface area (Å²) >= 11 is 0. The van der Waals surface area contributed by atoms with Gasteiger partial charge in [-0.25, -0.2) is 4.39 Å². The molecule has 1 saturated heterocycles. The van der Waals surface area contributed by atoms with Crippen molar-refractivity contribution in [2.75, 3.05) is 22.5 Å². The van der Waals surface area contributed by atoms with E-state index in [1.165, 1.54) is 6.07 Å². The maximum Gasteiger partial charge on any atom is 0.235 e. The number of aromatic nitrogens is 5. The van der Waals surface area contributed by atoms with E-state index in [0.717, 1.165) is 25.1 Å². The second-order valence-electron chi connectivity index (χ2n) is 6.52. The van der Waals surface area contributed by atoms with E-state index in [4.69, 9.17) is 5.73 Å². The number of hydrogen-bond donors (Lipinski definition) is 3. The third-order valence-electron chi connectivity index (χ3n) is 4.60. The van der Waals surface area contributed by atoms with Crippen LogP contribution in [0.5, 0.6) is 0 Å². The zero-order valence-corrected chi connectivity index (χ0v) is 15.4. The van der Waals surface area contributed by atoms with Gasteiger partial charge in [-0.15, -0.1) is 0 Å². The Bertz CT molecular complexity index is 999. The lowest BCUT2D eigenvalue weighted by molar-refractivity contribution is 0.577. The molecule has 4 N–H and O–H groups in total. The molecule has 4 rings (SSSR count). The summed E-state index contributed by atoms with van der Waals surface area (Å²) in [4.78, 5) is 14.9. The molecule has 0 radical (unpaired) electrons. The van der Waals surface area contributed by atoms with Crippen molar-refractivity contribution in [2.45, 2.75) is 25.8 Å². The monoisotopic (exact) mass is 380 g/mol. The van der Waals surface area contributed by atoms with Crippen molar-refractivity contribution in [3.63, 3.8) is 0 Å². The number of rotatable bonds is 5. The molecule has 0 bridgehead atoms. The van der Waals surface area contributed by atoms with Crippen LogP contribution >= 0.6 is 0 Å². The molecule has 144 valence electrons. The second kappa shape index (κ2) is 7.63. The summed E-state index contributed by atoms with van der Waals surface area (Å²) in [5.74, 6) is 1.14. The summed E-state index contributed by atoms with van der Waals surface area (Å²) < 4.78 is 14.3. The highest BCUT2D eigenvalue weighted by molar-refractivity contribution is 5.56. The second-order valence-corrected chi connectivity index (χ2v) is 6.52. The van der Waals surface area contributed by atoms with Crippen LogP contribution in [0.15, 0.2) is 36.4 Å². The molecule has 8 nitrogen and oxygen atoms in total. The first-order valence-corrected chi connectivity index (χ1v) is 9.12. The van der Waals surface area contributed by atoms with Crippen molar-refractivity contribution in [3.05, 3.63) is 53.5 Å². The Morgan fingerprint density at radius 2 is 2.14 bits per heavy atom. The van der Waals surface area contributed by atoms with Gasteiger partial charge in [-0.1, -0.05) is 24.3 Å². The number of nitrogens with two attached hydrogens (primary N) is 1. The van der Waals surface area contributed by atoms with Crippen molar-refractivity contribution in [2.24, 2.45) is 0 Å². The molecule has 1 aliphatic rings. The van der Waals surface area contributed by atoms with Gasteiger partial charge in [0.1, 0.15) is 5.82 Å². The molecule has 9 heteroatoms. The Hall–Kier alpha value is -3.49. The zero-order chi connectivity index (χ0) is 19.5. The molecule has 0 amide bonds. The quantitative estimate of drug-likeness (QED) is 0.622. The molecule has 1 fully saturated rings. The lowest BCUT2D eigenvalue weighted by atomic mass is 10.0. The fraction of sp³-hybridized carbons (Fsp3) is 0.263. The standard InChI is InChI=1S/C19H21FN8/c1-2-6-12-11-16(27-26-12)22-18-23-17(21)24-19(25-18)28-10-5-9-15(28)13-7-3-4-8-14(13)20/h2-4,6-8,11,15H,5,9-10H2,1H3,(H4,21,22,23,24,25,26,27)/b6-2+. The third kappa shape index (κ3) is 3.64. The summed E-state index contributed by atoms with van der Waals surface area (Å²) in [6, 6.07) is 8.49. The number of aromatic amines is 1. The predicted octanol–water partition coefficient (Wildman–Crippen LogP) is 3.43. The molecule has 1 atom stereocenters. The number of allylic oxidation sites excluding steroid dienone is 1. The maximum absolute atomic E-state index is 14.3. The van der Waals surface area contributed by atoms with Crippen LogP contribution in [0.1, 0.15) is 37.1 Å². The lowest BCUT2D eigenvalue weighted by Gasteiger charge is -2.25. The Morgan fingerprint density at radius 3 is 2.96 bits per heavy atom. The van der Waals surface area contributed by atoms with E-state index in [2.05, 4.69) is 30.5 Å². The van der Waals surface area contributed by atoms with Crippen molar-refractivity contribution in [1.29, 1.82) is 0 Å². The van der Waals surface area contributed by atoms with Gasteiger partial charge in [0.25, 0.3) is 0 Å². The number of nitrogens with zero attached hydrogens (tertiary/aromatic N) is 5. The first kappa shape index (κ1) is 17.9. The Balaban J connectivity index is 1.61. The summed E-state index contributed by atoms with van der Waals surface area (Å²) in [7, 11) is 0. The van der Waals surface area contributed by atoms with Crippen LogP contribution in [0.4, 0.5) is 28.1 Å². The number of benzene rings is 1. The summed E-state index contributed by atoms with van der Waals surface area (Å²) in [6.07, 6.45) is 5.54. The minimum atomic E-state index is -0.229. The lowest BCUT2D eigenvalue weighted by Crippen LogP contribution is -2.26. The van der Waals surface area contributed by atoms with Gasteiger partial charge < -0.3 is 16.0 Å². The highest BCUT2D eigenvalue weighted by atomic mass is 19.1. The van der Waals surface area contributed by atoms with Crippen LogP contribution in [-0.4, -0.2) is 31.7 Å². The van der Waals surface area contributed by atoms with Crippen LogP contribution in [0.2, 0.25) is 0 Å². The number of anilines is 4. The van der Waals surface area contributed by atoms with Gasteiger partial charge in [0.05, 0.1) is 11.7 Å². The van der Waals surface area contributed by atoms with E-state index < -0.39 is 0 Å². The smallest absolute Gasteiger partial charge is 0.235 e. The average molecular weight is 380 g/mol. The van der Waals surface area contributed by atoms with E-state index in [1.807, 2.05) is 36.1 Å². The molecule has 3 heterocycles. The van der Waals surface area contributed by atoms with Crippen LogP contribution in [-0.2, 0) is 0 Å². The molecule has 1 unspecified atom stereocenters. The molecule has 28 heavy (non-hydrogen) atoms. The maximum atomic E-state index is 14.3. The fourth-order valence-corrected chi connectivity index (χ4v) is 3.42. The van der Waals surface area contributed by atoms with Gasteiger partial charge in [-0.3, -0.25) is 5.10 Å². The topological polar surface area (TPSA) is 109 Å². The Morgan fingerprint density at radius 1 is 1.29 bits per heavy atom. The van der Waals surface area contributed by atoms with Crippen LogP contribution in [0.25, 0.3) is 6.08 Å². The van der Waals surface area contributed by atoms with Crippen molar-refractivity contribution in [1.82, 2.24) is 25.1 Å². The first-order valence-electron chi connectivity index (χ1n) is 9.12. The zero-order valence-electron chi connectivity index (χ0n) is 15.4. The van der Waals surface area contributed by atoms with E-state index >= 15 is 0 Å². The first-order chi connectivity index (χ1) is 13.6. The summed E-state index contributed by atoms with van der Waals surface area (Å²) in [5, 5.41) is 10.1. The molecular formula is C19H21FN8. The van der Waals surface area contributed by atoms with Gasteiger partial charge in [0, 0.05) is 18.2 Å². The molecule has 1 aliphatic heterocycles. The van der Waals surface area contributed by atoms with Crippen LogP contribution < -0.4 is 16.0 Å². The molecular weight excluding hydrogens is 359 g/mol. The van der Waals surface area contributed by atoms with Gasteiger partial charge in [0.2, 0.25) is 17.8 Å². The van der Waals surface area contributed by atoms with E-state index in [0.29, 0.717) is 23.3 Å². The van der Waals surface area contributed by atoms with Crippen molar-refractivity contribution >= 4 is 29.7 Å². The number of hydrogen-bond acceptors (Lipinski definition) is 7. The number of nitrogen functional groups attached to an aromatic ring is 1. The Kier molecular flexibility index (Phi) is 4.88.